The first-order valence-electron chi connectivity index (χ1n) is 6.49. The minimum atomic E-state index is -0.789. The van der Waals surface area contributed by atoms with Gasteiger partial charge in [0, 0.05) is 13.0 Å². The van der Waals surface area contributed by atoms with Gasteiger partial charge in [-0.05, 0) is 13.5 Å². The lowest BCUT2D eigenvalue weighted by molar-refractivity contribution is -0.137. The molecule has 1 rings (SSSR count). The van der Waals surface area contributed by atoms with Gasteiger partial charge in [-0.1, -0.05) is 0 Å². The fourth-order valence-electron chi connectivity index (χ4n) is 1.72. The highest BCUT2D eigenvalue weighted by molar-refractivity contribution is 5.66. The van der Waals surface area contributed by atoms with E-state index in [1.165, 1.54) is 0 Å². The Labute approximate surface area is 113 Å². The Bertz CT molecular complexity index is 263. The third kappa shape index (κ3) is 7.44. The van der Waals surface area contributed by atoms with Gasteiger partial charge in [0.25, 0.3) is 0 Å². The van der Waals surface area contributed by atoms with Gasteiger partial charge < -0.3 is 24.4 Å². The average molecular weight is 277 g/mol. The molecule has 2 N–H and O–H groups in total. The van der Waals surface area contributed by atoms with E-state index in [9.17, 15) is 4.79 Å². The summed E-state index contributed by atoms with van der Waals surface area (Å²) in [6, 6.07) is 0. The summed E-state index contributed by atoms with van der Waals surface area (Å²) in [6.07, 6.45) is 0.760. The van der Waals surface area contributed by atoms with Gasteiger partial charge in [-0.2, -0.15) is 0 Å². The van der Waals surface area contributed by atoms with E-state index in [0.717, 1.165) is 6.54 Å². The Kier molecular flexibility index (Phi) is 7.92. The van der Waals surface area contributed by atoms with Crippen molar-refractivity contribution in [3.05, 3.63) is 0 Å². The third-order valence-corrected chi connectivity index (χ3v) is 2.83. The molecule has 0 amide bonds. The van der Waals surface area contributed by atoms with Crippen LogP contribution in [0, 0.1) is 0 Å². The number of rotatable bonds is 12. The van der Waals surface area contributed by atoms with Crippen LogP contribution in [-0.2, 0) is 19.0 Å². The third-order valence-electron chi connectivity index (χ3n) is 2.83. The van der Waals surface area contributed by atoms with Crippen LogP contribution in [0.4, 0.5) is 0 Å². The molecule has 1 saturated heterocycles. The molecular formula is C12H23NO6. The fraction of sp³-hybridized carbons (Fsp3) is 0.917. The Hall–Kier alpha value is -0.730. The van der Waals surface area contributed by atoms with Crippen molar-refractivity contribution in [3.63, 3.8) is 0 Å². The lowest BCUT2D eigenvalue weighted by Crippen LogP contribution is -2.28. The number of carboxylic acid groups (broad SMARTS) is 1. The first-order valence-corrected chi connectivity index (χ1v) is 6.49. The molecule has 19 heavy (non-hydrogen) atoms. The van der Waals surface area contributed by atoms with E-state index in [-0.39, 0.29) is 25.4 Å². The SMILES string of the molecule is CN(CCOCCOCCO)C1OC1CCC(=O)O. The molecule has 1 aliphatic heterocycles. The second-order valence-electron chi connectivity index (χ2n) is 4.43. The topological polar surface area (TPSA) is 91.8 Å². The number of ether oxygens (including phenoxy) is 3. The summed E-state index contributed by atoms with van der Waals surface area (Å²) in [4.78, 5) is 12.4. The fourth-order valence-corrected chi connectivity index (χ4v) is 1.72. The largest absolute Gasteiger partial charge is 0.481 e. The van der Waals surface area contributed by atoms with Gasteiger partial charge in [-0.25, -0.2) is 0 Å². The van der Waals surface area contributed by atoms with Crippen LogP contribution in [0.5, 0.6) is 0 Å². The van der Waals surface area contributed by atoms with Crippen molar-refractivity contribution in [1.29, 1.82) is 0 Å². The average Bonchev–Trinajstić information content (AvgIpc) is 3.14. The Morgan fingerprint density at radius 1 is 1.26 bits per heavy atom. The van der Waals surface area contributed by atoms with E-state index in [2.05, 4.69) is 0 Å². The maximum Gasteiger partial charge on any atom is 0.303 e. The molecule has 0 saturated carbocycles. The molecular weight excluding hydrogens is 254 g/mol. The molecule has 0 bridgehead atoms. The molecule has 2 atom stereocenters. The standard InChI is InChI=1S/C12H23NO6/c1-13(4-6-17-8-9-18-7-5-14)12-10(19-12)2-3-11(15)16/h10,12,14H,2-9H2,1H3,(H,15,16). The smallest absolute Gasteiger partial charge is 0.303 e. The molecule has 0 aromatic heterocycles. The van der Waals surface area contributed by atoms with Crippen LogP contribution >= 0.6 is 0 Å². The summed E-state index contributed by atoms with van der Waals surface area (Å²) < 4.78 is 15.8. The van der Waals surface area contributed by atoms with E-state index in [1.807, 2.05) is 11.9 Å². The number of hydrogen-bond acceptors (Lipinski definition) is 6. The molecule has 1 fully saturated rings. The number of aliphatic hydroxyl groups is 1. The molecule has 2 unspecified atom stereocenters. The lowest BCUT2D eigenvalue weighted by atomic mass is 10.2. The highest BCUT2D eigenvalue weighted by Gasteiger charge is 2.41. The minimum absolute atomic E-state index is 0.0218. The number of hydrogen-bond donors (Lipinski definition) is 2. The first-order chi connectivity index (χ1) is 9.15. The number of nitrogens with zero attached hydrogens (tertiary/aromatic N) is 1. The van der Waals surface area contributed by atoms with Crippen LogP contribution in [0.3, 0.4) is 0 Å². The van der Waals surface area contributed by atoms with E-state index in [1.54, 1.807) is 0 Å². The molecule has 1 heterocycles. The summed E-state index contributed by atoms with van der Waals surface area (Å²) >= 11 is 0. The number of aliphatic hydroxyl groups excluding tert-OH is 1. The Balaban J connectivity index is 1.92. The summed E-state index contributed by atoms with van der Waals surface area (Å²) in [5.41, 5.74) is 0. The van der Waals surface area contributed by atoms with Crippen LogP contribution in [0.2, 0.25) is 0 Å². The van der Waals surface area contributed by atoms with E-state index in [0.29, 0.717) is 32.8 Å². The molecule has 112 valence electrons. The van der Waals surface area contributed by atoms with Crippen molar-refractivity contribution in [2.45, 2.75) is 25.2 Å². The lowest BCUT2D eigenvalue weighted by Gasteiger charge is -2.14. The van der Waals surface area contributed by atoms with Crippen molar-refractivity contribution in [3.8, 4) is 0 Å². The summed E-state index contributed by atoms with van der Waals surface area (Å²) in [5.74, 6) is -0.789. The molecule has 7 nitrogen and oxygen atoms in total. The van der Waals surface area contributed by atoms with E-state index < -0.39 is 5.97 Å². The maximum absolute atomic E-state index is 10.4. The van der Waals surface area contributed by atoms with Crippen LogP contribution in [0.1, 0.15) is 12.8 Å². The zero-order valence-corrected chi connectivity index (χ0v) is 11.3. The van der Waals surface area contributed by atoms with Crippen molar-refractivity contribution in [1.82, 2.24) is 4.90 Å². The van der Waals surface area contributed by atoms with Crippen molar-refractivity contribution < 1.29 is 29.2 Å². The second-order valence-corrected chi connectivity index (χ2v) is 4.43. The van der Waals surface area contributed by atoms with Crippen molar-refractivity contribution in [2.24, 2.45) is 0 Å². The number of aliphatic carboxylic acids is 1. The van der Waals surface area contributed by atoms with Crippen LogP contribution in [0.25, 0.3) is 0 Å². The highest BCUT2D eigenvalue weighted by atomic mass is 16.6. The summed E-state index contributed by atoms with van der Waals surface area (Å²) in [7, 11) is 1.93. The molecule has 1 aliphatic rings. The summed E-state index contributed by atoms with van der Waals surface area (Å²) in [6.45, 7) is 2.65. The Morgan fingerprint density at radius 3 is 2.58 bits per heavy atom. The van der Waals surface area contributed by atoms with Crippen LogP contribution in [-0.4, -0.2) is 80.0 Å². The van der Waals surface area contributed by atoms with E-state index >= 15 is 0 Å². The molecule has 0 radical (unpaired) electrons. The maximum atomic E-state index is 10.4. The zero-order valence-electron chi connectivity index (χ0n) is 11.3. The number of epoxide rings is 1. The predicted molar refractivity (Wildman–Crippen MR) is 66.9 cm³/mol. The molecule has 0 spiro atoms. The van der Waals surface area contributed by atoms with Gasteiger partial charge in [0.15, 0.2) is 0 Å². The van der Waals surface area contributed by atoms with Gasteiger partial charge in [0.1, 0.15) is 6.23 Å². The minimum Gasteiger partial charge on any atom is -0.481 e. The number of likely N-dealkylation sites (N-methyl/N-ethyl adjacent to an activating group) is 1. The molecule has 0 aromatic rings. The molecule has 0 aromatic carbocycles. The van der Waals surface area contributed by atoms with E-state index in [4.69, 9.17) is 24.4 Å². The van der Waals surface area contributed by atoms with Crippen molar-refractivity contribution in [2.75, 3.05) is 46.6 Å². The quantitative estimate of drug-likeness (QED) is 0.368. The number of carboxylic acids is 1. The van der Waals surface area contributed by atoms with Crippen LogP contribution < -0.4 is 0 Å². The molecule has 0 aliphatic carbocycles. The van der Waals surface area contributed by atoms with Gasteiger partial charge in [0.2, 0.25) is 0 Å². The van der Waals surface area contributed by atoms with Gasteiger partial charge >= 0.3 is 5.97 Å². The predicted octanol–water partition coefficient (Wildman–Crippen LogP) is -0.467. The van der Waals surface area contributed by atoms with Gasteiger partial charge in [0.05, 0.1) is 39.1 Å². The Morgan fingerprint density at radius 2 is 1.95 bits per heavy atom. The first kappa shape index (κ1) is 16.3. The monoisotopic (exact) mass is 277 g/mol. The van der Waals surface area contributed by atoms with Gasteiger partial charge in [-0.3, -0.25) is 9.69 Å². The van der Waals surface area contributed by atoms with Crippen LogP contribution in [0.15, 0.2) is 0 Å². The molecule has 7 heteroatoms. The zero-order chi connectivity index (χ0) is 14.1. The highest BCUT2D eigenvalue weighted by Crippen LogP contribution is 2.28. The number of carbonyl (C=O) groups is 1. The van der Waals surface area contributed by atoms with Crippen molar-refractivity contribution >= 4 is 5.97 Å². The normalized spacial score (nSPS) is 21.8. The summed E-state index contributed by atoms with van der Waals surface area (Å²) in [5, 5.41) is 17.0. The van der Waals surface area contributed by atoms with Gasteiger partial charge in [-0.15, -0.1) is 0 Å². The second kappa shape index (κ2) is 9.22.